The summed E-state index contributed by atoms with van der Waals surface area (Å²) in [7, 11) is 0. The van der Waals surface area contributed by atoms with Gasteiger partial charge in [0.05, 0.1) is 5.56 Å². The first-order valence-corrected chi connectivity index (χ1v) is 6.82. The number of rotatable bonds is 4. The van der Waals surface area contributed by atoms with Crippen LogP contribution in [0.5, 0.6) is 0 Å². The molecule has 0 bridgehead atoms. The van der Waals surface area contributed by atoms with E-state index >= 15 is 0 Å². The molecule has 18 heavy (non-hydrogen) atoms. The van der Waals surface area contributed by atoms with Gasteiger partial charge in [-0.15, -0.1) is 0 Å². The van der Waals surface area contributed by atoms with E-state index in [1.165, 1.54) is 25.7 Å². The largest absolute Gasteiger partial charge is 0.398 e. The number of carbonyl (C=O) groups excluding carboxylic acids is 1. The van der Waals surface area contributed by atoms with Crippen LogP contribution < -0.4 is 11.1 Å². The SMILES string of the molecule is Nc1ccc(Cl)cc1C(=O)NCC1(C2CC2)CC1. The third-order valence-electron chi connectivity index (χ3n) is 4.20. The summed E-state index contributed by atoms with van der Waals surface area (Å²) >= 11 is 5.89. The lowest BCUT2D eigenvalue weighted by Gasteiger charge is -2.15. The molecule has 4 heteroatoms. The van der Waals surface area contributed by atoms with Gasteiger partial charge in [0.1, 0.15) is 0 Å². The standard InChI is InChI=1S/C14H17ClN2O/c15-10-3-4-12(16)11(7-10)13(18)17-8-14(5-6-14)9-1-2-9/h3-4,7,9H,1-2,5-6,8,16H2,(H,17,18). The molecule has 1 aromatic rings. The quantitative estimate of drug-likeness (QED) is 0.822. The van der Waals surface area contributed by atoms with Crippen molar-refractivity contribution in [2.45, 2.75) is 25.7 Å². The third-order valence-corrected chi connectivity index (χ3v) is 4.43. The van der Waals surface area contributed by atoms with Gasteiger partial charge in [0.2, 0.25) is 0 Å². The van der Waals surface area contributed by atoms with Gasteiger partial charge < -0.3 is 11.1 Å². The number of benzene rings is 1. The summed E-state index contributed by atoms with van der Waals surface area (Å²) in [4.78, 5) is 12.1. The Morgan fingerprint density at radius 3 is 2.78 bits per heavy atom. The van der Waals surface area contributed by atoms with Gasteiger partial charge in [-0.2, -0.15) is 0 Å². The Hall–Kier alpha value is -1.22. The second-order valence-corrected chi connectivity index (χ2v) is 5.99. The second kappa shape index (κ2) is 4.16. The molecule has 3 rings (SSSR count). The minimum absolute atomic E-state index is 0.109. The van der Waals surface area contributed by atoms with Crippen LogP contribution in [-0.4, -0.2) is 12.5 Å². The molecule has 3 N–H and O–H groups in total. The maximum atomic E-state index is 12.1. The van der Waals surface area contributed by atoms with Crippen LogP contribution in [0.4, 0.5) is 5.69 Å². The van der Waals surface area contributed by atoms with Crippen molar-refractivity contribution >= 4 is 23.2 Å². The Kier molecular flexibility index (Phi) is 2.74. The highest BCUT2D eigenvalue weighted by Crippen LogP contribution is 2.60. The highest BCUT2D eigenvalue weighted by Gasteiger charge is 2.53. The summed E-state index contributed by atoms with van der Waals surface area (Å²) in [6.07, 6.45) is 5.16. The van der Waals surface area contributed by atoms with E-state index in [0.29, 0.717) is 21.7 Å². The molecule has 3 nitrogen and oxygen atoms in total. The molecule has 0 saturated heterocycles. The molecule has 96 valence electrons. The lowest BCUT2D eigenvalue weighted by Crippen LogP contribution is -2.31. The Morgan fingerprint density at radius 1 is 1.44 bits per heavy atom. The van der Waals surface area contributed by atoms with Gasteiger partial charge in [0.15, 0.2) is 0 Å². The molecule has 0 atom stereocenters. The van der Waals surface area contributed by atoms with Crippen LogP contribution in [0, 0.1) is 11.3 Å². The average molecular weight is 265 g/mol. The van der Waals surface area contributed by atoms with Crippen LogP contribution in [0.2, 0.25) is 5.02 Å². The Bertz CT molecular complexity index is 493. The number of halogens is 1. The first kappa shape index (κ1) is 11.8. The van der Waals surface area contributed by atoms with Gasteiger partial charge in [0.25, 0.3) is 5.91 Å². The van der Waals surface area contributed by atoms with Crippen molar-refractivity contribution in [2.75, 3.05) is 12.3 Å². The Morgan fingerprint density at radius 2 is 2.17 bits per heavy atom. The maximum absolute atomic E-state index is 12.1. The topological polar surface area (TPSA) is 55.1 Å². The van der Waals surface area contributed by atoms with Crippen LogP contribution in [0.3, 0.4) is 0 Å². The Labute approximate surface area is 112 Å². The molecule has 2 fully saturated rings. The van der Waals surface area contributed by atoms with Crippen LogP contribution >= 0.6 is 11.6 Å². The molecule has 0 aromatic heterocycles. The fraction of sp³-hybridized carbons (Fsp3) is 0.500. The van der Waals surface area contributed by atoms with Gasteiger partial charge in [0, 0.05) is 17.3 Å². The van der Waals surface area contributed by atoms with E-state index in [1.807, 2.05) is 0 Å². The highest BCUT2D eigenvalue weighted by atomic mass is 35.5. The molecule has 2 aliphatic carbocycles. The number of nitrogens with two attached hydrogens (primary N) is 1. The lowest BCUT2D eigenvalue weighted by atomic mass is 10.0. The fourth-order valence-electron chi connectivity index (χ4n) is 2.66. The number of hydrogen-bond acceptors (Lipinski definition) is 2. The third kappa shape index (κ3) is 2.19. The highest BCUT2D eigenvalue weighted by molar-refractivity contribution is 6.31. The number of hydrogen-bond donors (Lipinski definition) is 2. The lowest BCUT2D eigenvalue weighted by molar-refractivity contribution is 0.0943. The van der Waals surface area contributed by atoms with E-state index in [4.69, 9.17) is 17.3 Å². The van der Waals surface area contributed by atoms with Crippen molar-refractivity contribution in [2.24, 2.45) is 11.3 Å². The molecule has 1 amide bonds. The van der Waals surface area contributed by atoms with Gasteiger partial charge in [-0.05, 0) is 55.2 Å². The summed E-state index contributed by atoms with van der Waals surface area (Å²) in [5.74, 6) is 0.733. The first-order valence-electron chi connectivity index (χ1n) is 6.44. The number of amides is 1. The zero-order valence-electron chi connectivity index (χ0n) is 10.2. The van der Waals surface area contributed by atoms with Crippen LogP contribution in [0.25, 0.3) is 0 Å². The minimum Gasteiger partial charge on any atom is -0.398 e. The summed E-state index contributed by atoms with van der Waals surface area (Å²) < 4.78 is 0. The van der Waals surface area contributed by atoms with E-state index in [0.717, 1.165) is 12.5 Å². The molecule has 0 heterocycles. The zero-order valence-corrected chi connectivity index (χ0v) is 11.0. The maximum Gasteiger partial charge on any atom is 0.253 e. The Balaban J connectivity index is 1.65. The zero-order chi connectivity index (χ0) is 12.8. The van der Waals surface area contributed by atoms with Gasteiger partial charge in [-0.25, -0.2) is 0 Å². The van der Waals surface area contributed by atoms with Crippen molar-refractivity contribution in [3.8, 4) is 0 Å². The van der Waals surface area contributed by atoms with E-state index in [-0.39, 0.29) is 5.91 Å². The van der Waals surface area contributed by atoms with Crippen molar-refractivity contribution in [1.29, 1.82) is 0 Å². The molecule has 0 aliphatic heterocycles. The predicted molar refractivity (Wildman–Crippen MR) is 72.6 cm³/mol. The van der Waals surface area contributed by atoms with Crippen LogP contribution in [-0.2, 0) is 0 Å². The van der Waals surface area contributed by atoms with Crippen LogP contribution in [0.1, 0.15) is 36.0 Å². The van der Waals surface area contributed by atoms with Gasteiger partial charge >= 0.3 is 0 Å². The van der Waals surface area contributed by atoms with Crippen molar-refractivity contribution < 1.29 is 4.79 Å². The minimum atomic E-state index is -0.109. The van der Waals surface area contributed by atoms with E-state index in [1.54, 1.807) is 18.2 Å². The van der Waals surface area contributed by atoms with Gasteiger partial charge in [-0.1, -0.05) is 11.6 Å². The molecule has 2 aliphatic rings. The predicted octanol–water partition coefficient (Wildman–Crippen LogP) is 2.84. The normalized spacial score (nSPS) is 20.5. The van der Waals surface area contributed by atoms with Crippen molar-refractivity contribution in [1.82, 2.24) is 5.32 Å². The monoisotopic (exact) mass is 264 g/mol. The van der Waals surface area contributed by atoms with E-state index in [9.17, 15) is 4.79 Å². The number of nitrogens with one attached hydrogen (secondary N) is 1. The number of anilines is 1. The number of carbonyl (C=O) groups is 1. The summed E-state index contributed by atoms with van der Waals surface area (Å²) in [5.41, 5.74) is 7.16. The number of nitrogen functional groups attached to an aromatic ring is 1. The first-order chi connectivity index (χ1) is 8.61. The fourth-order valence-corrected chi connectivity index (χ4v) is 2.83. The van der Waals surface area contributed by atoms with E-state index < -0.39 is 0 Å². The van der Waals surface area contributed by atoms with E-state index in [2.05, 4.69) is 5.32 Å². The average Bonchev–Trinajstić information content (AvgIpc) is 3.21. The molecule has 0 radical (unpaired) electrons. The molecule has 2 saturated carbocycles. The molecular formula is C14H17ClN2O. The summed E-state index contributed by atoms with van der Waals surface area (Å²) in [6.45, 7) is 0.780. The van der Waals surface area contributed by atoms with Crippen molar-refractivity contribution in [3.63, 3.8) is 0 Å². The smallest absolute Gasteiger partial charge is 0.253 e. The second-order valence-electron chi connectivity index (χ2n) is 5.55. The molecule has 1 aromatic carbocycles. The summed E-state index contributed by atoms with van der Waals surface area (Å²) in [5, 5.41) is 3.55. The van der Waals surface area contributed by atoms with Crippen LogP contribution in [0.15, 0.2) is 18.2 Å². The molecule has 0 unspecified atom stereocenters. The molecule has 0 spiro atoms. The van der Waals surface area contributed by atoms with Crippen molar-refractivity contribution in [3.05, 3.63) is 28.8 Å². The molecular weight excluding hydrogens is 248 g/mol. The summed E-state index contributed by atoms with van der Waals surface area (Å²) in [6, 6.07) is 4.99. The van der Waals surface area contributed by atoms with Gasteiger partial charge in [-0.3, -0.25) is 4.79 Å².